The second-order valence-electron chi connectivity index (χ2n) is 5.80. The summed E-state index contributed by atoms with van der Waals surface area (Å²) in [4.78, 5) is 0. The Morgan fingerprint density at radius 3 is 2.36 bits per heavy atom. The van der Waals surface area contributed by atoms with Crippen LogP contribution < -0.4 is 0 Å². The van der Waals surface area contributed by atoms with Gasteiger partial charge in [0.2, 0.25) is 0 Å². The minimum atomic E-state index is 0. The van der Waals surface area contributed by atoms with Crippen LogP contribution in [-0.4, -0.2) is 0 Å². The summed E-state index contributed by atoms with van der Waals surface area (Å²) >= 11 is 0. The smallest absolute Gasteiger partial charge is 0 e. The first-order chi connectivity index (χ1) is 6.36. The van der Waals surface area contributed by atoms with Crippen molar-refractivity contribution in [1.82, 2.24) is 0 Å². The number of rotatable bonds is 2. The monoisotopic (exact) mass is 233 g/mol. The molecule has 82 valence electrons. The molecule has 0 amide bonds. The molecule has 4 aliphatic rings. The van der Waals surface area contributed by atoms with Crippen LogP contribution in [0.15, 0.2) is 0 Å². The van der Waals surface area contributed by atoms with Crippen molar-refractivity contribution in [1.29, 1.82) is 0 Å². The fourth-order valence-corrected chi connectivity index (χ4v) is 4.08. The average molecular weight is 233 g/mol. The van der Waals surface area contributed by atoms with Gasteiger partial charge in [-0.1, -0.05) is 24.7 Å². The molecule has 0 atom stereocenters. The van der Waals surface area contributed by atoms with E-state index in [1.807, 2.05) is 5.92 Å². The van der Waals surface area contributed by atoms with Crippen LogP contribution in [0.25, 0.3) is 0 Å². The van der Waals surface area contributed by atoms with E-state index in [1.54, 1.807) is 25.7 Å². The third-order valence-electron chi connectivity index (χ3n) is 4.71. The summed E-state index contributed by atoms with van der Waals surface area (Å²) in [7, 11) is 0. The van der Waals surface area contributed by atoms with Gasteiger partial charge in [-0.2, -0.15) is 19.3 Å². The summed E-state index contributed by atoms with van der Waals surface area (Å²) in [6.07, 6.45) is 15.3. The van der Waals surface area contributed by atoms with Crippen LogP contribution in [0.1, 0.15) is 64.2 Å². The molecular weight excluding hydrogens is 212 g/mol. The van der Waals surface area contributed by atoms with E-state index < -0.39 is 0 Å². The molecule has 0 saturated heterocycles. The van der Waals surface area contributed by atoms with E-state index in [9.17, 15) is 0 Å². The second kappa shape index (κ2) is 4.18. The van der Waals surface area contributed by atoms with Crippen LogP contribution in [0.5, 0.6) is 0 Å². The third-order valence-corrected chi connectivity index (χ3v) is 4.71. The Morgan fingerprint density at radius 1 is 1.07 bits per heavy atom. The number of hydrogen-bond acceptors (Lipinski definition) is 0. The quantitative estimate of drug-likeness (QED) is 0.497. The maximum absolute atomic E-state index is 1.94. The standard InChI is InChI=1S/C13H21.Fe/c1-2-4-11(5-3-1)8-13-7-6-12(9-13)10-13;/h12H,1-10H2;/q-1;. The van der Waals surface area contributed by atoms with Gasteiger partial charge in [-0.3, -0.25) is 0 Å². The summed E-state index contributed by atoms with van der Waals surface area (Å²) in [5.74, 6) is 3.09. The molecule has 0 spiro atoms. The van der Waals surface area contributed by atoms with Crippen molar-refractivity contribution in [2.24, 2.45) is 11.3 Å². The van der Waals surface area contributed by atoms with Gasteiger partial charge >= 0.3 is 0 Å². The summed E-state index contributed by atoms with van der Waals surface area (Å²) in [5, 5.41) is 0. The van der Waals surface area contributed by atoms with Crippen LogP contribution in [0, 0.1) is 17.3 Å². The number of fused-ring (bicyclic) bond motifs is 1. The Bertz CT molecular complexity index is 182. The maximum Gasteiger partial charge on any atom is 0 e. The van der Waals surface area contributed by atoms with Crippen molar-refractivity contribution in [3.63, 3.8) is 0 Å². The summed E-state index contributed by atoms with van der Waals surface area (Å²) < 4.78 is 0. The molecule has 0 radical (unpaired) electrons. The van der Waals surface area contributed by atoms with E-state index in [2.05, 4.69) is 0 Å². The van der Waals surface area contributed by atoms with Crippen LogP contribution in [-0.2, 0) is 17.1 Å². The predicted octanol–water partition coefficient (Wildman–Crippen LogP) is 4.10. The van der Waals surface area contributed by atoms with Gasteiger partial charge in [-0.25, -0.2) is 0 Å². The Kier molecular flexibility index (Phi) is 3.29. The van der Waals surface area contributed by atoms with E-state index in [-0.39, 0.29) is 17.1 Å². The molecule has 0 aromatic carbocycles. The SMILES string of the molecule is C1CC[C-](CC23CCC(C2)C3)CC1.[Fe]. The molecule has 0 aliphatic heterocycles. The van der Waals surface area contributed by atoms with Crippen LogP contribution in [0.4, 0.5) is 0 Å². The minimum absolute atomic E-state index is 0. The predicted molar refractivity (Wildman–Crippen MR) is 55.3 cm³/mol. The topological polar surface area (TPSA) is 0 Å². The van der Waals surface area contributed by atoms with Gasteiger partial charge in [0, 0.05) is 17.1 Å². The molecule has 0 unspecified atom stereocenters. The fraction of sp³-hybridized carbons (Fsp3) is 0.923. The Hall–Kier alpha value is 0.519. The minimum Gasteiger partial charge on any atom is -0.313 e. The van der Waals surface area contributed by atoms with E-state index in [1.165, 1.54) is 38.5 Å². The Labute approximate surface area is 98.7 Å². The summed E-state index contributed by atoms with van der Waals surface area (Å²) in [6.45, 7) is 0. The normalized spacial score (nSPS) is 41.6. The first-order valence-corrected chi connectivity index (χ1v) is 6.20. The molecule has 2 bridgehead atoms. The largest absolute Gasteiger partial charge is 0.313 e. The first-order valence-electron chi connectivity index (χ1n) is 6.20. The van der Waals surface area contributed by atoms with E-state index in [0.717, 1.165) is 11.3 Å². The average Bonchev–Trinajstić information content (AvgIpc) is 2.65. The first kappa shape index (κ1) is 11.0. The molecule has 0 nitrogen and oxygen atoms in total. The van der Waals surface area contributed by atoms with Gasteiger partial charge in [0.1, 0.15) is 0 Å². The molecule has 1 heteroatoms. The molecular formula is C13H21Fe-. The molecule has 0 heterocycles. The number of hydrogen-bond donors (Lipinski definition) is 0. The van der Waals surface area contributed by atoms with Gasteiger partial charge in [0.25, 0.3) is 0 Å². The molecule has 4 fully saturated rings. The Morgan fingerprint density at radius 2 is 1.79 bits per heavy atom. The van der Waals surface area contributed by atoms with Gasteiger partial charge in [-0.05, 0) is 31.6 Å². The molecule has 14 heavy (non-hydrogen) atoms. The summed E-state index contributed by atoms with van der Waals surface area (Å²) in [5.41, 5.74) is 0.858. The zero-order chi connectivity index (χ0) is 8.73. The zero-order valence-corrected chi connectivity index (χ0v) is 10.1. The van der Waals surface area contributed by atoms with Gasteiger partial charge in [0.15, 0.2) is 0 Å². The van der Waals surface area contributed by atoms with Crippen molar-refractivity contribution in [3.05, 3.63) is 5.92 Å². The zero-order valence-electron chi connectivity index (χ0n) is 9.00. The van der Waals surface area contributed by atoms with Crippen molar-refractivity contribution < 1.29 is 17.1 Å². The molecule has 4 rings (SSSR count). The second-order valence-corrected chi connectivity index (χ2v) is 5.80. The van der Waals surface area contributed by atoms with Gasteiger partial charge < -0.3 is 5.92 Å². The Balaban J connectivity index is 0.000000750. The van der Waals surface area contributed by atoms with E-state index in [0.29, 0.717) is 0 Å². The molecule has 4 aliphatic carbocycles. The van der Waals surface area contributed by atoms with Crippen LogP contribution >= 0.6 is 0 Å². The van der Waals surface area contributed by atoms with Crippen LogP contribution in [0.2, 0.25) is 0 Å². The van der Waals surface area contributed by atoms with Gasteiger partial charge in [0.05, 0.1) is 0 Å². The van der Waals surface area contributed by atoms with E-state index in [4.69, 9.17) is 0 Å². The van der Waals surface area contributed by atoms with Gasteiger partial charge in [-0.15, -0.1) is 0 Å². The van der Waals surface area contributed by atoms with Crippen molar-refractivity contribution in [3.8, 4) is 0 Å². The van der Waals surface area contributed by atoms with Crippen LogP contribution in [0.3, 0.4) is 0 Å². The van der Waals surface area contributed by atoms with E-state index >= 15 is 0 Å². The fourth-order valence-electron chi connectivity index (χ4n) is 4.08. The molecule has 0 N–H and O–H groups in total. The molecule has 0 aromatic rings. The maximum atomic E-state index is 1.94. The van der Waals surface area contributed by atoms with Crippen molar-refractivity contribution in [2.75, 3.05) is 0 Å². The summed E-state index contributed by atoms with van der Waals surface area (Å²) in [6, 6.07) is 0. The van der Waals surface area contributed by atoms with Crippen molar-refractivity contribution in [2.45, 2.75) is 64.2 Å². The third kappa shape index (κ3) is 1.91. The molecule has 0 aromatic heterocycles. The molecule has 4 saturated carbocycles. The van der Waals surface area contributed by atoms with Crippen molar-refractivity contribution >= 4 is 0 Å².